The van der Waals surface area contributed by atoms with Crippen LogP contribution in [0.1, 0.15) is 51.6 Å². The number of carbonyl (C=O) groups is 1. The number of amides is 1. The lowest BCUT2D eigenvalue weighted by Crippen LogP contribution is -2.13. The Balaban J connectivity index is 1.66. The van der Waals surface area contributed by atoms with Crippen LogP contribution in [0.3, 0.4) is 0 Å². The maximum Gasteiger partial charge on any atom is 0.259 e. The maximum absolute atomic E-state index is 13.2. The fourth-order valence-electron chi connectivity index (χ4n) is 3.57. The van der Waals surface area contributed by atoms with Gasteiger partial charge in [-0.15, -0.1) is 11.3 Å². The highest BCUT2D eigenvalue weighted by Gasteiger charge is 2.24. The first-order valence-corrected chi connectivity index (χ1v) is 10.7. The molecule has 1 N–H and O–H groups in total. The molecule has 0 atom stereocenters. The van der Waals surface area contributed by atoms with Crippen molar-refractivity contribution in [2.45, 2.75) is 39.0 Å². The summed E-state index contributed by atoms with van der Waals surface area (Å²) in [6, 6.07) is 11.1. The van der Waals surface area contributed by atoms with Crippen molar-refractivity contribution in [2.75, 3.05) is 12.4 Å². The van der Waals surface area contributed by atoms with Gasteiger partial charge in [-0.2, -0.15) is 0 Å². The Bertz CT molecular complexity index is 1030. The molecule has 3 aromatic rings. The summed E-state index contributed by atoms with van der Waals surface area (Å²) < 4.78 is 10.8. The zero-order valence-electron chi connectivity index (χ0n) is 16.7. The molecule has 6 heteroatoms. The van der Waals surface area contributed by atoms with Crippen LogP contribution in [-0.4, -0.2) is 19.2 Å². The topological polar surface area (TPSA) is 63.8 Å². The highest BCUT2D eigenvalue weighted by Crippen LogP contribution is 2.39. The van der Waals surface area contributed by atoms with Crippen LogP contribution in [0.25, 0.3) is 0 Å². The van der Waals surface area contributed by atoms with E-state index in [1.165, 1.54) is 11.3 Å². The van der Waals surface area contributed by atoms with Crippen molar-refractivity contribution in [1.82, 2.24) is 0 Å². The molecule has 1 aliphatic carbocycles. The number of nitrogens with zero attached hydrogens (tertiary/aromatic N) is 1. The predicted molar refractivity (Wildman–Crippen MR) is 117 cm³/mol. The van der Waals surface area contributed by atoms with Gasteiger partial charge in [0, 0.05) is 10.6 Å². The van der Waals surface area contributed by atoms with E-state index in [2.05, 4.69) is 10.3 Å². The summed E-state index contributed by atoms with van der Waals surface area (Å²) in [6.45, 7) is 1.90. The first-order valence-electron chi connectivity index (χ1n) is 9.84. The predicted octanol–water partition coefficient (Wildman–Crippen LogP) is 5.93. The molecule has 0 saturated heterocycles. The van der Waals surface area contributed by atoms with Crippen LogP contribution in [0.5, 0.6) is 5.75 Å². The summed E-state index contributed by atoms with van der Waals surface area (Å²) in [7, 11) is 1.62. The number of furan rings is 1. The summed E-state index contributed by atoms with van der Waals surface area (Å²) in [5, 5.41) is 3.77. The molecule has 0 spiro atoms. The highest BCUT2D eigenvalue weighted by atomic mass is 32.1. The maximum atomic E-state index is 13.2. The highest BCUT2D eigenvalue weighted by molar-refractivity contribution is 7.16. The molecule has 2 aromatic heterocycles. The Morgan fingerprint density at radius 1 is 1.14 bits per heavy atom. The van der Waals surface area contributed by atoms with Gasteiger partial charge < -0.3 is 14.5 Å². The number of aliphatic imine (C=N–C) groups is 1. The molecule has 29 heavy (non-hydrogen) atoms. The van der Waals surface area contributed by atoms with E-state index < -0.39 is 0 Å². The lowest BCUT2D eigenvalue weighted by Gasteiger charge is -2.08. The van der Waals surface area contributed by atoms with Gasteiger partial charge in [0.1, 0.15) is 22.3 Å². The molecule has 0 saturated carbocycles. The van der Waals surface area contributed by atoms with Gasteiger partial charge in [0.25, 0.3) is 5.91 Å². The number of nitrogens with one attached hydrogen (secondary N) is 1. The molecule has 1 aliphatic rings. The number of carbonyl (C=O) groups excluding carboxylic acids is 1. The summed E-state index contributed by atoms with van der Waals surface area (Å²) in [5.74, 6) is 2.17. The van der Waals surface area contributed by atoms with Gasteiger partial charge in [-0.25, -0.2) is 4.99 Å². The standard InChI is InChI=1S/C23H24N2O3S/c1-15-8-11-18(28-15)14-24-23-21(19-6-4-3-5-7-20(19)29-23)22(26)25-16-9-12-17(27-2)13-10-16/h8-14H,3-7H2,1-2H3,(H,25,26)/b24-14-. The Morgan fingerprint density at radius 2 is 1.93 bits per heavy atom. The van der Waals surface area contributed by atoms with Crippen LogP contribution in [-0.2, 0) is 12.8 Å². The van der Waals surface area contributed by atoms with Gasteiger partial charge >= 0.3 is 0 Å². The van der Waals surface area contributed by atoms with Gasteiger partial charge in [-0.1, -0.05) is 6.42 Å². The fourth-order valence-corrected chi connectivity index (χ4v) is 4.80. The van der Waals surface area contributed by atoms with E-state index in [4.69, 9.17) is 9.15 Å². The van der Waals surface area contributed by atoms with Crippen molar-refractivity contribution >= 4 is 34.1 Å². The van der Waals surface area contributed by atoms with Crippen molar-refractivity contribution in [2.24, 2.45) is 4.99 Å². The van der Waals surface area contributed by atoms with Crippen LogP contribution in [0.2, 0.25) is 0 Å². The number of benzene rings is 1. The second-order valence-corrected chi connectivity index (χ2v) is 8.22. The fraction of sp³-hybridized carbons (Fsp3) is 0.304. The average Bonchev–Trinajstić information content (AvgIpc) is 3.22. The molecule has 0 bridgehead atoms. The zero-order valence-corrected chi connectivity index (χ0v) is 17.5. The molecule has 5 nitrogen and oxygen atoms in total. The quantitative estimate of drug-likeness (QED) is 0.420. The third-order valence-electron chi connectivity index (χ3n) is 5.05. The number of hydrogen-bond acceptors (Lipinski definition) is 5. The first kappa shape index (κ1) is 19.5. The minimum Gasteiger partial charge on any atom is -0.497 e. The summed E-state index contributed by atoms with van der Waals surface area (Å²) in [4.78, 5) is 19.1. The number of fused-ring (bicyclic) bond motifs is 1. The van der Waals surface area contributed by atoms with Gasteiger partial charge in [-0.05, 0) is 74.6 Å². The monoisotopic (exact) mass is 408 g/mol. The summed E-state index contributed by atoms with van der Waals surface area (Å²) in [5.41, 5.74) is 2.59. The van der Waals surface area contributed by atoms with Gasteiger partial charge in [-0.3, -0.25) is 4.79 Å². The number of methoxy groups -OCH3 is 1. The average molecular weight is 409 g/mol. The molecule has 0 aliphatic heterocycles. The van der Waals surface area contributed by atoms with E-state index in [1.807, 2.05) is 43.3 Å². The number of ether oxygens (including phenoxy) is 1. The van der Waals surface area contributed by atoms with Gasteiger partial charge in [0.05, 0.1) is 18.9 Å². The normalized spacial score (nSPS) is 13.9. The van der Waals surface area contributed by atoms with Crippen molar-refractivity contribution in [1.29, 1.82) is 0 Å². The molecule has 0 radical (unpaired) electrons. The Hall–Kier alpha value is -2.86. The summed E-state index contributed by atoms with van der Waals surface area (Å²) in [6.07, 6.45) is 7.10. The number of aryl methyl sites for hydroxylation is 2. The van der Waals surface area contributed by atoms with Crippen molar-refractivity contribution in [3.63, 3.8) is 0 Å². The smallest absolute Gasteiger partial charge is 0.259 e. The molecule has 150 valence electrons. The number of hydrogen-bond donors (Lipinski definition) is 1. The minimum absolute atomic E-state index is 0.114. The SMILES string of the molecule is COc1ccc(NC(=O)c2c(/N=C\c3ccc(C)o3)sc3c2CCCCC3)cc1. The van der Waals surface area contributed by atoms with E-state index in [0.717, 1.165) is 53.4 Å². The molecular formula is C23H24N2O3S. The van der Waals surface area contributed by atoms with E-state index in [9.17, 15) is 4.79 Å². The van der Waals surface area contributed by atoms with Crippen LogP contribution in [0.4, 0.5) is 10.7 Å². The van der Waals surface area contributed by atoms with Crippen LogP contribution in [0, 0.1) is 6.92 Å². The van der Waals surface area contributed by atoms with Gasteiger partial charge in [0.2, 0.25) is 0 Å². The Morgan fingerprint density at radius 3 is 2.66 bits per heavy atom. The molecular weight excluding hydrogens is 384 g/mol. The van der Waals surface area contributed by atoms with Crippen molar-refractivity contribution in [3.8, 4) is 5.75 Å². The Labute approximate surface area is 174 Å². The van der Waals surface area contributed by atoms with Crippen LogP contribution >= 0.6 is 11.3 Å². The van der Waals surface area contributed by atoms with Crippen LogP contribution in [0.15, 0.2) is 45.8 Å². The minimum atomic E-state index is -0.114. The molecule has 0 fully saturated rings. The van der Waals surface area contributed by atoms with E-state index >= 15 is 0 Å². The number of thiophene rings is 1. The second-order valence-electron chi connectivity index (χ2n) is 7.13. The third-order valence-corrected chi connectivity index (χ3v) is 6.25. The number of anilines is 1. The van der Waals surface area contributed by atoms with Crippen LogP contribution < -0.4 is 10.1 Å². The van der Waals surface area contributed by atoms with E-state index in [0.29, 0.717) is 11.3 Å². The third kappa shape index (κ3) is 4.43. The lowest BCUT2D eigenvalue weighted by molar-refractivity contribution is 0.102. The summed E-state index contributed by atoms with van der Waals surface area (Å²) >= 11 is 1.63. The van der Waals surface area contributed by atoms with Crippen molar-refractivity contribution < 1.29 is 13.9 Å². The number of rotatable bonds is 5. The molecule has 0 unspecified atom stereocenters. The lowest BCUT2D eigenvalue weighted by atomic mass is 10.0. The van der Waals surface area contributed by atoms with E-state index in [1.54, 1.807) is 24.7 Å². The van der Waals surface area contributed by atoms with E-state index in [-0.39, 0.29) is 5.91 Å². The second kappa shape index (κ2) is 8.66. The molecule has 1 amide bonds. The molecule has 2 heterocycles. The molecule has 4 rings (SSSR count). The zero-order chi connectivity index (χ0) is 20.2. The van der Waals surface area contributed by atoms with Crippen molar-refractivity contribution in [3.05, 3.63) is 63.9 Å². The first-order chi connectivity index (χ1) is 14.1. The molecule has 1 aromatic carbocycles. The van der Waals surface area contributed by atoms with Gasteiger partial charge in [0.15, 0.2) is 0 Å². The largest absolute Gasteiger partial charge is 0.497 e. The Kier molecular flexibility index (Phi) is 5.81.